The summed E-state index contributed by atoms with van der Waals surface area (Å²) in [5, 5.41) is 12.2. The zero-order valence-electron chi connectivity index (χ0n) is 10.8. The van der Waals surface area contributed by atoms with Crippen molar-refractivity contribution in [2.45, 2.75) is 0 Å². The number of urea groups is 1. The molecular formula is C13H8ClFN4O2S. The predicted molar refractivity (Wildman–Crippen MR) is 81.7 cm³/mol. The molecule has 3 aromatic rings. The van der Waals surface area contributed by atoms with Gasteiger partial charge in [-0.1, -0.05) is 28.8 Å². The maximum Gasteiger partial charge on any atom is 0.327 e. The molecule has 112 valence electrons. The highest BCUT2D eigenvalue weighted by atomic mass is 35.5. The number of thiophene rings is 1. The molecule has 2 heterocycles. The minimum Gasteiger partial charge on any atom is -0.402 e. The number of rotatable bonds is 3. The Balaban J connectivity index is 1.67. The minimum atomic E-state index is -0.690. The molecule has 0 saturated carbocycles. The third kappa shape index (κ3) is 3.23. The Morgan fingerprint density at radius 3 is 2.73 bits per heavy atom. The molecule has 9 heteroatoms. The van der Waals surface area contributed by atoms with Crippen LogP contribution in [0.1, 0.15) is 0 Å². The lowest BCUT2D eigenvalue weighted by Crippen LogP contribution is -2.20. The largest absolute Gasteiger partial charge is 0.402 e. The van der Waals surface area contributed by atoms with Crippen molar-refractivity contribution in [1.82, 2.24) is 10.2 Å². The maximum absolute atomic E-state index is 13.4. The fourth-order valence-corrected chi connectivity index (χ4v) is 2.58. The molecule has 0 bridgehead atoms. The number of hydrogen-bond donors (Lipinski definition) is 2. The highest BCUT2D eigenvalue weighted by molar-refractivity contribution is 7.19. The summed E-state index contributed by atoms with van der Waals surface area (Å²) in [5.74, 6) is -0.310. The van der Waals surface area contributed by atoms with E-state index in [4.69, 9.17) is 16.0 Å². The Labute approximate surface area is 132 Å². The van der Waals surface area contributed by atoms with Gasteiger partial charge in [0.25, 0.3) is 5.89 Å². The molecule has 6 nitrogen and oxygen atoms in total. The van der Waals surface area contributed by atoms with Crippen LogP contribution in [0.25, 0.3) is 10.8 Å². The molecular weight excluding hydrogens is 331 g/mol. The van der Waals surface area contributed by atoms with Crippen LogP contribution in [0.15, 0.2) is 40.8 Å². The smallest absolute Gasteiger partial charge is 0.327 e. The summed E-state index contributed by atoms with van der Waals surface area (Å²) in [6.07, 6.45) is 0. The zero-order chi connectivity index (χ0) is 15.5. The van der Waals surface area contributed by atoms with E-state index in [2.05, 4.69) is 20.8 Å². The molecule has 0 unspecified atom stereocenters. The highest BCUT2D eigenvalue weighted by Gasteiger charge is 2.13. The molecule has 0 fully saturated rings. The second kappa shape index (κ2) is 6.12. The van der Waals surface area contributed by atoms with Crippen LogP contribution in [0, 0.1) is 5.82 Å². The molecule has 0 aliphatic carbocycles. The topological polar surface area (TPSA) is 80.1 Å². The van der Waals surface area contributed by atoms with Gasteiger partial charge in [-0.15, -0.1) is 16.4 Å². The molecule has 22 heavy (non-hydrogen) atoms. The standard InChI is InChI=1S/C13H8ClFN4O2S/c14-10-6-5-9(22-10)11-18-19-13(21-11)17-12(20)16-8-4-2-1-3-7(8)15/h1-6H,(H2,16,17,19,20). The Morgan fingerprint density at radius 2 is 2.00 bits per heavy atom. The summed E-state index contributed by atoms with van der Waals surface area (Å²) in [4.78, 5) is 12.4. The van der Waals surface area contributed by atoms with Crippen molar-refractivity contribution < 1.29 is 13.6 Å². The van der Waals surface area contributed by atoms with E-state index in [-0.39, 0.29) is 17.6 Å². The number of para-hydroxylation sites is 1. The molecule has 0 saturated heterocycles. The highest BCUT2D eigenvalue weighted by Crippen LogP contribution is 2.30. The Morgan fingerprint density at radius 1 is 1.18 bits per heavy atom. The Kier molecular flexibility index (Phi) is 4.03. The van der Waals surface area contributed by atoms with Crippen LogP contribution >= 0.6 is 22.9 Å². The monoisotopic (exact) mass is 338 g/mol. The van der Waals surface area contributed by atoms with E-state index in [1.54, 1.807) is 18.2 Å². The summed E-state index contributed by atoms with van der Waals surface area (Å²) in [6, 6.07) is 8.42. The Bertz CT molecular complexity index is 820. The molecule has 1 aromatic carbocycles. The summed E-state index contributed by atoms with van der Waals surface area (Å²) in [5.41, 5.74) is 0.0461. The summed E-state index contributed by atoms with van der Waals surface area (Å²) >= 11 is 7.09. The van der Waals surface area contributed by atoms with E-state index in [1.807, 2.05) is 0 Å². The molecule has 0 atom stereocenters. The van der Waals surface area contributed by atoms with Gasteiger partial charge in [-0.2, -0.15) is 0 Å². The fourth-order valence-electron chi connectivity index (χ4n) is 1.62. The number of carbonyl (C=O) groups excluding carboxylic acids is 1. The summed E-state index contributed by atoms with van der Waals surface area (Å²) in [7, 11) is 0. The van der Waals surface area contributed by atoms with E-state index in [1.165, 1.54) is 29.5 Å². The number of amides is 2. The van der Waals surface area contributed by atoms with Gasteiger partial charge in [-0.25, -0.2) is 9.18 Å². The third-order valence-electron chi connectivity index (χ3n) is 2.55. The van der Waals surface area contributed by atoms with Gasteiger partial charge in [-0.3, -0.25) is 5.32 Å². The van der Waals surface area contributed by atoms with E-state index in [0.29, 0.717) is 9.21 Å². The molecule has 0 radical (unpaired) electrons. The van der Waals surface area contributed by atoms with Crippen molar-refractivity contribution >= 4 is 40.7 Å². The lowest BCUT2D eigenvalue weighted by atomic mass is 10.3. The first kappa shape index (κ1) is 14.5. The number of hydrogen-bond acceptors (Lipinski definition) is 5. The molecule has 0 spiro atoms. The first-order valence-corrected chi connectivity index (χ1v) is 7.23. The molecule has 0 aliphatic heterocycles. The van der Waals surface area contributed by atoms with E-state index in [9.17, 15) is 9.18 Å². The summed E-state index contributed by atoms with van der Waals surface area (Å²) < 4.78 is 19.3. The number of halogens is 2. The zero-order valence-corrected chi connectivity index (χ0v) is 12.4. The van der Waals surface area contributed by atoms with Crippen molar-refractivity contribution in [3.63, 3.8) is 0 Å². The number of aromatic nitrogens is 2. The average molecular weight is 339 g/mol. The van der Waals surface area contributed by atoms with E-state index < -0.39 is 11.8 Å². The van der Waals surface area contributed by atoms with E-state index >= 15 is 0 Å². The second-order valence-corrected chi connectivity index (χ2v) is 5.79. The normalized spacial score (nSPS) is 10.5. The molecule has 3 rings (SSSR count). The van der Waals surface area contributed by atoms with Crippen molar-refractivity contribution in [3.8, 4) is 10.8 Å². The second-order valence-electron chi connectivity index (χ2n) is 4.08. The van der Waals surface area contributed by atoms with Crippen molar-refractivity contribution in [1.29, 1.82) is 0 Å². The van der Waals surface area contributed by atoms with Gasteiger partial charge in [-0.05, 0) is 24.3 Å². The number of nitrogens with zero attached hydrogens (tertiary/aromatic N) is 2. The number of anilines is 2. The van der Waals surface area contributed by atoms with Crippen LogP contribution in [0.5, 0.6) is 0 Å². The van der Waals surface area contributed by atoms with Crippen LogP contribution in [0.4, 0.5) is 20.9 Å². The number of benzene rings is 1. The maximum atomic E-state index is 13.4. The van der Waals surface area contributed by atoms with Crippen LogP contribution in [0.2, 0.25) is 4.34 Å². The van der Waals surface area contributed by atoms with Crippen molar-refractivity contribution in [2.24, 2.45) is 0 Å². The van der Waals surface area contributed by atoms with Gasteiger partial charge in [0.05, 0.1) is 14.9 Å². The van der Waals surface area contributed by atoms with Gasteiger partial charge in [0.1, 0.15) is 5.82 Å². The lowest BCUT2D eigenvalue weighted by molar-refractivity contribution is 0.261. The van der Waals surface area contributed by atoms with Crippen LogP contribution in [-0.4, -0.2) is 16.2 Å². The SMILES string of the molecule is O=C(Nc1nnc(-c2ccc(Cl)s2)o1)Nc1ccccc1F. The van der Waals surface area contributed by atoms with Gasteiger partial charge in [0, 0.05) is 0 Å². The van der Waals surface area contributed by atoms with Gasteiger partial charge in [0.2, 0.25) is 0 Å². The van der Waals surface area contributed by atoms with Crippen LogP contribution in [-0.2, 0) is 0 Å². The van der Waals surface area contributed by atoms with Gasteiger partial charge < -0.3 is 9.73 Å². The Hall–Kier alpha value is -2.45. The molecule has 2 N–H and O–H groups in total. The minimum absolute atomic E-state index is 0.0461. The average Bonchev–Trinajstić information content (AvgIpc) is 3.10. The van der Waals surface area contributed by atoms with Gasteiger partial charge >= 0.3 is 12.0 Å². The summed E-state index contributed by atoms with van der Waals surface area (Å²) in [6.45, 7) is 0. The number of carbonyl (C=O) groups is 1. The molecule has 2 amide bonds. The van der Waals surface area contributed by atoms with Crippen LogP contribution in [0.3, 0.4) is 0 Å². The first-order chi connectivity index (χ1) is 10.6. The third-order valence-corrected chi connectivity index (χ3v) is 3.77. The van der Waals surface area contributed by atoms with Gasteiger partial charge in [0.15, 0.2) is 0 Å². The van der Waals surface area contributed by atoms with Crippen molar-refractivity contribution in [2.75, 3.05) is 10.6 Å². The predicted octanol–water partition coefficient (Wildman–Crippen LogP) is 4.23. The van der Waals surface area contributed by atoms with Crippen LogP contribution < -0.4 is 10.6 Å². The lowest BCUT2D eigenvalue weighted by Gasteiger charge is -2.04. The molecule has 2 aromatic heterocycles. The van der Waals surface area contributed by atoms with E-state index in [0.717, 1.165) is 0 Å². The quantitative estimate of drug-likeness (QED) is 0.748. The fraction of sp³-hybridized carbons (Fsp3) is 0. The van der Waals surface area contributed by atoms with Crippen molar-refractivity contribution in [3.05, 3.63) is 46.6 Å². The molecule has 0 aliphatic rings. The first-order valence-electron chi connectivity index (χ1n) is 6.03. The number of nitrogens with one attached hydrogen (secondary N) is 2.